The normalized spacial score (nSPS) is 23.0. The summed E-state index contributed by atoms with van der Waals surface area (Å²) in [6.07, 6.45) is 0.309. The molecule has 2 atom stereocenters. The molecule has 1 aliphatic rings. The number of esters is 1. The van der Waals surface area contributed by atoms with E-state index in [0.717, 1.165) is 5.56 Å². The number of benzene rings is 1. The lowest BCUT2D eigenvalue weighted by Crippen LogP contribution is -2.33. The van der Waals surface area contributed by atoms with Crippen molar-refractivity contribution < 1.29 is 14.3 Å². The van der Waals surface area contributed by atoms with Crippen molar-refractivity contribution in [1.82, 2.24) is 5.32 Å². The second kappa shape index (κ2) is 6.67. The topological polar surface area (TPSA) is 55.4 Å². The Labute approximate surface area is 154 Å². The highest BCUT2D eigenvalue weighted by Gasteiger charge is 2.69. The van der Waals surface area contributed by atoms with Crippen molar-refractivity contribution in [3.63, 3.8) is 0 Å². The third-order valence-corrected chi connectivity index (χ3v) is 5.70. The Morgan fingerprint density at radius 1 is 1.30 bits per heavy atom. The number of ether oxygens (including phenoxy) is 1. The molecule has 1 aromatic carbocycles. The Morgan fingerprint density at radius 3 is 2.43 bits per heavy atom. The van der Waals surface area contributed by atoms with Crippen LogP contribution in [0.5, 0.6) is 0 Å². The second-order valence-electron chi connectivity index (χ2n) is 5.75. The van der Waals surface area contributed by atoms with Gasteiger partial charge in [-0.3, -0.25) is 9.59 Å². The van der Waals surface area contributed by atoms with Gasteiger partial charge in [0.25, 0.3) is 5.91 Å². The fraction of sp³-hybridized carbons (Fsp3) is 0.467. The first-order valence-electron chi connectivity index (χ1n) is 6.86. The van der Waals surface area contributed by atoms with Crippen LogP contribution in [-0.4, -0.2) is 22.8 Å². The van der Waals surface area contributed by atoms with Crippen LogP contribution >= 0.6 is 46.4 Å². The van der Waals surface area contributed by atoms with Gasteiger partial charge in [0.1, 0.15) is 9.75 Å². The number of amides is 1. The van der Waals surface area contributed by atoms with Gasteiger partial charge < -0.3 is 10.1 Å². The molecule has 126 valence electrons. The number of carbonyl (C=O) groups is 2. The minimum absolute atomic E-state index is 0.309. The summed E-state index contributed by atoms with van der Waals surface area (Å²) in [5.74, 6) is -1.02. The van der Waals surface area contributed by atoms with Gasteiger partial charge in [-0.25, -0.2) is 0 Å². The average molecular weight is 399 g/mol. The quantitative estimate of drug-likeness (QED) is 0.594. The summed E-state index contributed by atoms with van der Waals surface area (Å²) in [6.45, 7) is 2.99. The van der Waals surface area contributed by atoms with Crippen LogP contribution in [0.4, 0.5) is 0 Å². The first-order chi connectivity index (χ1) is 10.6. The molecule has 0 aromatic heterocycles. The van der Waals surface area contributed by atoms with E-state index in [4.69, 9.17) is 51.1 Å². The fourth-order valence-electron chi connectivity index (χ4n) is 2.06. The Balaban J connectivity index is 1.85. The molecule has 1 amide bonds. The number of alkyl halides is 2. The Morgan fingerprint density at radius 2 is 1.91 bits per heavy atom. The molecular weight excluding hydrogens is 384 g/mol. The lowest BCUT2D eigenvalue weighted by atomic mass is 10.1. The van der Waals surface area contributed by atoms with E-state index >= 15 is 0 Å². The molecule has 1 saturated carbocycles. The molecule has 1 N–H and O–H groups in total. The number of nitrogens with one attached hydrogen (secondary N) is 1. The largest absolute Gasteiger partial charge is 0.455 e. The predicted molar refractivity (Wildman–Crippen MR) is 91.1 cm³/mol. The molecule has 8 heteroatoms. The summed E-state index contributed by atoms with van der Waals surface area (Å²) < 4.78 is 3.86. The van der Waals surface area contributed by atoms with E-state index in [1.807, 2.05) is 0 Å². The SMILES string of the molecule is C[C@H](NC(=O)COC(=O)[C@]1(C)CC1(Cl)Cl)c1ccc(Cl)c(Cl)c1. The van der Waals surface area contributed by atoms with E-state index in [2.05, 4.69) is 5.32 Å². The predicted octanol–water partition coefficient (Wildman–Crippen LogP) is 4.30. The van der Waals surface area contributed by atoms with E-state index < -0.39 is 28.2 Å². The van der Waals surface area contributed by atoms with Gasteiger partial charge in [0.05, 0.1) is 16.1 Å². The summed E-state index contributed by atoms with van der Waals surface area (Å²) >= 11 is 23.6. The van der Waals surface area contributed by atoms with Crippen molar-refractivity contribution >= 4 is 58.3 Å². The zero-order chi connectivity index (χ0) is 17.4. The molecule has 1 aliphatic carbocycles. The minimum atomic E-state index is -1.12. The number of halogens is 4. The maximum atomic E-state index is 11.9. The third-order valence-electron chi connectivity index (χ3n) is 3.86. The van der Waals surface area contributed by atoms with E-state index in [-0.39, 0.29) is 6.04 Å². The van der Waals surface area contributed by atoms with Gasteiger partial charge >= 0.3 is 5.97 Å². The minimum Gasteiger partial charge on any atom is -0.455 e. The van der Waals surface area contributed by atoms with Crippen molar-refractivity contribution in [1.29, 1.82) is 0 Å². The Hall–Kier alpha value is -0.680. The van der Waals surface area contributed by atoms with Gasteiger partial charge in [-0.1, -0.05) is 29.3 Å². The number of carbonyl (C=O) groups excluding carboxylic acids is 2. The standard InChI is InChI=1S/C15H15Cl4NO3/c1-8(9-3-4-10(16)11(17)5-9)20-12(21)6-23-13(22)14(2)7-15(14,18)19/h3-5,8H,6-7H2,1-2H3,(H,20,21)/t8-,14-/m0/s1. The summed E-state index contributed by atoms with van der Waals surface area (Å²) in [4.78, 5) is 23.8. The van der Waals surface area contributed by atoms with Gasteiger partial charge in [0.2, 0.25) is 0 Å². The zero-order valence-corrected chi connectivity index (χ0v) is 15.5. The van der Waals surface area contributed by atoms with E-state index in [1.165, 1.54) is 0 Å². The maximum absolute atomic E-state index is 11.9. The Bertz CT molecular complexity index is 650. The van der Waals surface area contributed by atoms with Crippen molar-refractivity contribution in [3.05, 3.63) is 33.8 Å². The molecule has 0 spiro atoms. The van der Waals surface area contributed by atoms with Crippen molar-refractivity contribution in [2.75, 3.05) is 6.61 Å². The molecule has 0 radical (unpaired) electrons. The first kappa shape index (κ1) is 18.7. The molecule has 23 heavy (non-hydrogen) atoms. The van der Waals surface area contributed by atoms with Crippen LogP contribution in [-0.2, 0) is 14.3 Å². The smallest absolute Gasteiger partial charge is 0.315 e. The molecule has 4 nitrogen and oxygen atoms in total. The third kappa shape index (κ3) is 4.05. The highest BCUT2D eigenvalue weighted by Crippen LogP contribution is 2.64. The van der Waals surface area contributed by atoms with Crippen LogP contribution in [0.3, 0.4) is 0 Å². The van der Waals surface area contributed by atoms with Crippen LogP contribution in [0, 0.1) is 5.41 Å². The number of hydrogen-bond donors (Lipinski definition) is 1. The number of rotatable bonds is 5. The van der Waals surface area contributed by atoms with Gasteiger partial charge in [0, 0.05) is 6.42 Å². The van der Waals surface area contributed by atoms with Crippen LogP contribution in [0.2, 0.25) is 10.0 Å². The lowest BCUT2D eigenvalue weighted by molar-refractivity contribution is -0.153. The first-order valence-corrected chi connectivity index (χ1v) is 8.37. The fourth-order valence-corrected chi connectivity index (χ4v) is 3.06. The van der Waals surface area contributed by atoms with Crippen molar-refractivity contribution in [3.8, 4) is 0 Å². The molecular formula is C15H15Cl4NO3. The van der Waals surface area contributed by atoms with Gasteiger partial charge in [0.15, 0.2) is 6.61 Å². The maximum Gasteiger partial charge on any atom is 0.315 e. The van der Waals surface area contributed by atoms with Gasteiger partial charge in [-0.2, -0.15) is 0 Å². The molecule has 0 saturated heterocycles. The van der Waals surface area contributed by atoms with Crippen LogP contribution in [0.1, 0.15) is 31.9 Å². The molecule has 1 aromatic rings. The lowest BCUT2D eigenvalue weighted by Gasteiger charge is -2.16. The van der Waals surface area contributed by atoms with E-state index in [1.54, 1.807) is 32.0 Å². The molecule has 2 rings (SSSR count). The van der Waals surface area contributed by atoms with Crippen molar-refractivity contribution in [2.24, 2.45) is 5.41 Å². The van der Waals surface area contributed by atoms with Crippen LogP contribution in [0.25, 0.3) is 0 Å². The summed E-state index contributed by atoms with van der Waals surface area (Å²) in [6, 6.07) is 4.76. The summed E-state index contributed by atoms with van der Waals surface area (Å²) in [5.41, 5.74) is -0.167. The van der Waals surface area contributed by atoms with Gasteiger partial charge in [-0.15, -0.1) is 23.2 Å². The highest BCUT2D eigenvalue weighted by molar-refractivity contribution is 6.53. The second-order valence-corrected chi connectivity index (χ2v) is 8.05. The molecule has 1 fully saturated rings. The molecule has 0 bridgehead atoms. The zero-order valence-electron chi connectivity index (χ0n) is 12.5. The van der Waals surface area contributed by atoms with Crippen LogP contribution in [0.15, 0.2) is 18.2 Å². The van der Waals surface area contributed by atoms with E-state index in [9.17, 15) is 9.59 Å². The average Bonchev–Trinajstić information content (AvgIpc) is 2.99. The molecule has 0 unspecified atom stereocenters. The van der Waals surface area contributed by atoms with E-state index in [0.29, 0.717) is 16.5 Å². The monoisotopic (exact) mass is 397 g/mol. The Kier molecular flexibility index (Phi) is 5.41. The van der Waals surface area contributed by atoms with Crippen molar-refractivity contribution in [2.45, 2.75) is 30.6 Å². The highest BCUT2D eigenvalue weighted by atomic mass is 35.5. The van der Waals surface area contributed by atoms with Crippen LogP contribution < -0.4 is 5.32 Å². The summed E-state index contributed by atoms with van der Waals surface area (Å²) in [7, 11) is 0. The molecule has 0 heterocycles. The number of hydrogen-bond acceptors (Lipinski definition) is 3. The molecule has 0 aliphatic heterocycles. The van der Waals surface area contributed by atoms with Gasteiger partial charge in [-0.05, 0) is 31.5 Å². The summed E-state index contributed by atoms with van der Waals surface area (Å²) in [5, 5.41) is 3.54.